The van der Waals surface area contributed by atoms with Crippen molar-refractivity contribution in [1.29, 1.82) is 0 Å². The Balaban J connectivity index is 1.52. The van der Waals surface area contributed by atoms with Crippen molar-refractivity contribution < 1.29 is 23.1 Å². The van der Waals surface area contributed by atoms with Crippen molar-refractivity contribution in [2.45, 2.75) is 116 Å². The lowest BCUT2D eigenvalue weighted by molar-refractivity contribution is 0.0976. The number of nitrogen functional groups attached to an aromatic ring is 1. The fraction of sp³-hybridized carbons (Fsp3) is 0.697. The van der Waals surface area contributed by atoms with Crippen molar-refractivity contribution in [2.24, 2.45) is 0 Å². The molecule has 1 atom stereocenters. The van der Waals surface area contributed by atoms with Crippen LogP contribution >= 0.6 is 7.60 Å². The minimum atomic E-state index is -3.52. The lowest BCUT2D eigenvalue weighted by Crippen LogP contribution is -2.25. The highest BCUT2D eigenvalue weighted by Gasteiger charge is 2.25. The minimum absolute atomic E-state index is 0.149. The Morgan fingerprint density at radius 2 is 1.33 bits per heavy atom. The van der Waals surface area contributed by atoms with Crippen LogP contribution in [-0.4, -0.2) is 42.3 Å². The first kappa shape index (κ1) is 37.2. The molecule has 9 nitrogen and oxygen atoms in total. The topological polar surface area (TPSA) is 115 Å². The van der Waals surface area contributed by atoms with Gasteiger partial charge in [0.2, 0.25) is 0 Å². The minimum Gasteiger partial charge on any atom is -0.383 e. The third-order valence-corrected chi connectivity index (χ3v) is 8.85. The molecular weight excluding hydrogens is 565 g/mol. The van der Waals surface area contributed by atoms with E-state index < -0.39 is 13.3 Å². The zero-order valence-electron chi connectivity index (χ0n) is 26.5. The summed E-state index contributed by atoms with van der Waals surface area (Å²) in [6, 6.07) is 11.0. The largest absolute Gasteiger partial charge is 0.383 e. The van der Waals surface area contributed by atoms with Crippen molar-refractivity contribution >= 4 is 13.4 Å². The van der Waals surface area contributed by atoms with E-state index in [1.165, 1.54) is 88.0 Å². The number of nitrogens with two attached hydrogens (primary N) is 1. The molecule has 2 aromatic rings. The lowest BCUT2D eigenvalue weighted by Gasteiger charge is -2.19. The SMILES string of the molecule is CCCCCCCCCCCCCCCCOCCCOP(=O)(COCCn1ccc(N)nc1=O)OCc1ccccc1. The first-order valence-corrected chi connectivity index (χ1v) is 18.2. The smallest absolute Gasteiger partial charge is 0.356 e. The summed E-state index contributed by atoms with van der Waals surface area (Å²) in [7, 11) is -3.52. The van der Waals surface area contributed by atoms with Crippen LogP contribution in [0.3, 0.4) is 0 Å². The monoisotopic (exact) mass is 621 g/mol. The van der Waals surface area contributed by atoms with Crippen molar-refractivity contribution in [3.8, 4) is 0 Å². The average Bonchev–Trinajstić information content (AvgIpc) is 3.01. The van der Waals surface area contributed by atoms with E-state index in [9.17, 15) is 9.36 Å². The summed E-state index contributed by atoms with van der Waals surface area (Å²) >= 11 is 0. The highest BCUT2D eigenvalue weighted by molar-refractivity contribution is 7.53. The molecule has 1 aromatic heterocycles. The molecular formula is C33H56N3O6P. The van der Waals surface area contributed by atoms with E-state index in [0.717, 1.165) is 18.6 Å². The van der Waals surface area contributed by atoms with Gasteiger partial charge in [-0.1, -0.05) is 121 Å². The number of unbranched alkanes of at least 4 members (excludes halogenated alkanes) is 13. The van der Waals surface area contributed by atoms with Gasteiger partial charge in [-0.15, -0.1) is 0 Å². The van der Waals surface area contributed by atoms with Crippen molar-refractivity contribution in [2.75, 3.05) is 38.5 Å². The molecule has 43 heavy (non-hydrogen) atoms. The standard InChI is InChI=1S/C33H56N3O6P/c1-2-3-4-5-6-7-8-9-10-11-12-13-14-18-25-39-26-19-27-41-43(38,42-29-31-20-16-15-17-21-31)30-40-28-24-36-23-22-32(34)35-33(36)37/h15-17,20-23H,2-14,18-19,24-30H2,1H3,(H2,34,35,37). The number of ether oxygens (including phenoxy) is 2. The van der Waals surface area contributed by atoms with E-state index in [1.54, 1.807) is 12.3 Å². The Hall–Kier alpha value is -2.03. The van der Waals surface area contributed by atoms with Gasteiger partial charge in [0, 0.05) is 19.4 Å². The maximum absolute atomic E-state index is 13.4. The second-order valence-electron chi connectivity index (χ2n) is 11.1. The number of hydrogen-bond donors (Lipinski definition) is 1. The summed E-state index contributed by atoms with van der Waals surface area (Å²) in [5.74, 6) is 0.165. The Morgan fingerprint density at radius 3 is 1.95 bits per heavy atom. The summed E-state index contributed by atoms with van der Waals surface area (Å²) in [4.78, 5) is 15.6. The molecule has 244 valence electrons. The highest BCUT2D eigenvalue weighted by Crippen LogP contribution is 2.49. The molecule has 1 heterocycles. The molecule has 0 fully saturated rings. The van der Waals surface area contributed by atoms with Gasteiger partial charge in [0.05, 0.1) is 26.4 Å². The van der Waals surface area contributed by atoms with E-state index in [2.05, 4.69) is 11.9 Å². The van der Waals surface area contributed by atoms with Crippen LogP contribution in [0.4, 0.5) is 5.82 Å². The van der Waals surface area contributed by atoms with Gasteiger partial charge in [0.1, 0.15) is 12.2 Å². The molecule has 2 rings (SSSR count). The zero-order chi connectivity index (χ0) is 30.9. The predicted octanol–water partition coefficient (Wildman–Crippen LogP) is 8.11. The third-order valence-electron chi connectivity index (χ3n) is 7.26. The molecule has 0 bridgehead atoms. The quantitative estimate of drug-likeness (QED) is 0.0748. The van der Waals surface area contributed by atoms with Crippen molar-refractivity contribution in [3.05, 3.63) is 58.6 Å². The molecule has 0 saturated heterocycles. The van der Waals surface area contributed by atoms with Gasteiger partial charge in [-0.05, 0) is 24.5 Å². The number of anilines is 1. The molecule has 0 spiro atoms. The molecule has 0 aliphatic carbocycles. The molecule has 0 aliphatic heterocycles. The van der Waals surface area contributed by atoms with E-state index in [1.807, 2.05) is 30.3 Å². The van der Waals surface area contributed by atoms with Crippen molar-refractivity contribution in [3.63, 3.8) is 0 Å². The van der Waals surface area contributed by atoms with Gasteiger partial charge >= 0.3 is 13.3 Å². The molecule has 0 amide bonds. The number of nitrogens with zero attached hydrogens (tertiary/aromatic N) is 2. The Kier molecular flexibility index (Phi) is 21.0. The van der Waals surface area contributed by atoms with Crippen LogP contribution in [0.1, 0.15) is 109 Å². The van der Waals surface area contributed by atoms with E-state index >= 15 is 0 Å². The Labute approximate surface area is 259 Å². The van der Waals surface area contributed by atoms with Gasteiger partial charge in [-0.2, -0.15) is 4.98 Å². The maximum Gasteiger partial charge on any atom is 0.356 e. The summed E-state index contributed by atoms with van der Waals surface area (Å²) in [6.45, 7) is 4.35. The number of aromatic nitrogens is 2. The van der Waals surface area contributed by atoms with Crippen LogP contribution in [-0.2, 0) is 36.2 Å². The van der Waals surface area contributed by atoms with Gasteiger partial charge in [-0.25, -0.2) is 4.79 Å². The van der Waals surface area contributed by atoms with Crippen LogP contribution in [0.25, 0.3) is 0 Å². The number of rotatable bonds is 28. The van der Waals surface area contributed by atoms with E-state index in [4.69, 9.17) is 24.3 Å². The van der Waals surface area contributed by atoms with Crippen LogP contribution in [0, 0.1) is 0 Å². The second-order valence-corrected chi connectivity index (χ2v) is 13.1. The first-order valence-electron chi connectivity index (χ1n) is 16.4. The van der Waals surface area contributed by atoms with Crippen LogP contribution < -0.4 is 11.4 Å². The van der Waals surface area contributed by atoms with Crippen LogP contribution in [0.5, 0.6) is 0 Å². The summed E-state index contributed by atoms with van der Waals surface area (Å²) in [6.07, 6.45) is 20.7. The molecule has 0 saturated carbocycles. The summed E-state index contributed by atoms with van der Waals surface area (Å²) in [5.41, 5.74) is 5.96. The molecule has 2 N–H and O–H groups in total. The summed E-state index contributed by atoms with van der Waals surface area (Å²) < 4.78 is 37.5. The highest BCUT2D eigenvalue weighted by atomic mass is 31.2. The fourth-order valence-electron chi connectivity index (χ4n) is 4.68. The lowest BCUT2D eigenvalue weighted by atomic mass is 10.0. The average molecular weight is 622 g/mol. The van der Waals surface area contributed by atoms with Crippen LogP contribution in [0.2, 0.25) is 0 Å². The summed E-state index contributed by atoms with van der Waals surface area (Å²) in [5, 5.41) is 0. The predicted molar refractivity (Wildman–Crippen MR) is 174 cm³/mol. The molecule has 10 heteroatoms. The molecule has 0 radical (unpaired) electrons. The second kappa shape index (κ2) is 24.3. The van der Waals surface area contributed by atoms with Gasteiger partial charge in [0.15, 0.2) is 0 Å². The molecule has 1 unspecified atom stereocenters. The first-order chi connectivity index (χ1) is 21.0. The molecule has 0 aliphatic rings. The van der Waals surface area contributed by atoms with Gasteiger partial charge < -0.3 is 24.3 Å². The maximum atomic E-state index is 13.4. The molecule has 1 aromatic carbocycles. The normalized spacial score (nSPS) is 12.9. The zero-order valence-corrected chi connectivity index (χ0v) is 27.4. The number of benzene rings is 1. The Morgan fingerprint density at radius 1 is 0.721 bits per heavy atom. The van der Waals surface area contributed by atoms with Crippen molar-refractivity contribution in [1.82, 2.24) is 9.55 Å². The van der Waals surface area contributed by atoms with E-state index in [-0.39, 0.29) is 38.5 Å². The third kappa shape index (κ3) is 19.1. The van der Waals surface area contributed by atoms with Gasteiger partial charge in [-0.3, -0.25) is 9.13 Å². The number of hydrogen-bond acceptors (Lipinski definition) is 8. The van der Waals surface area contributed by atoms with Gasteiger partial charge in [0.25, 0.3) is 0 Å². The van der Waals surface area contributed by atoms with E-state index in [0.29, 0.717) is 13.0 Å². The fourth-order valence-corrected chi connectivity index (χ4v) is 6.01. The Bertz CT molecular complexity index is 1050. The van der Waals surface area contributed by atoms with Crippen LogP contribution in [0.15, 0.2) is 47.4 Å².